The minimum atomic E-state index is -0.145. The van der Waals surface area contributed by atoms with E-state index in [1.54, 1.807) is 0 Å². The maximum Gasteiger partial charge on any atom is 0.132 e. The summed E-state index contributed by atoms with van der Waals surface area (Å²) in [6.07, 6.45) is 12.3. The lowest BCUT2D eigenvalue weighted by molar-refractivity contribution is -0.120. The van der Waals surface area contributed by atoms with Gasteiger partial charge in [-0.2, -0.15) is 0 Å². The van der Waals surface area contributed by atoms with Crippen LogP contribution in [-0.2, 0) is 4.79 Å². The Morgan fingerprint density at radius 3 is 2.21 bits per heavy atom. The lowest BCUT2D eigenvalue weighted by atomic mass is 10.00. The second kappa shape index (κ2) is 6.77. The molecule has 2 aliphatic rings. The van der Waals surface area contributed by atoms with E-state index < -0.39 is 0 Å². The SMILES string of the molecule is O=C1CCCCC1.OC1C=CCCC1.[HH]. The zero-order valence-corrected chi connectivity index (χ0v) is 8.74. The number of Topliss-reactive ketones (excluding diaryl/α,β-unsaturated/α-hetero) is 1. The Morgan fingerprint density at radius 2 is 1.93 bits per heavy atom. The van der Waals surface area contributed by atoms with Crippen LogP contribution in [0.15, 0.2) is 12.2 Å². The molecule has 2 heteroatoms. The van der Waals surface area contributed by atoms with Gasteiger partial charge in [-0.25, -0.2) is 0 Å². The molecular weight excluding hydrogens is 176 g/mol. The van der Waals surface area contributed by atoms with Gasteiger partial charge in [0.2, 0.25) is 0 Å². The van der Waals surface area contributed by atoms with Crippen molar-refractivity contribution >= 4 is 5.78 Å². The summed E-state index contributed by atoms with van der Waals surface area (Å²) in [7, 11) is 0. The average molecular weight is 198 g/mol. The fourth-order valence-electron chi connectivity index (χ4n) is 1.74. The molecule has 1 N–H and O–H groups in total. The van der Waals surface area contributed by atoms with Crippen LogP contribution in [0.3, 0.4) is 0 Å². The van der Waals surface area contributed by atoms with Crippen LogP contribution in [-0.4, -0.2) is 17.0 Å². The molecule has 0 amide bonds. The highest BCUT2D eigenvalue weighted by Crippen LogP contribution is 2.12. The van der Waals surface area contributed by atoms with E-state index in [1.807, 2.05) is 12.2 Å². The molecule has 0 aliphatic heterocycles. The highest BCUT2D eigenvalue weighted by molar-refractivity contribution is 5.78. The maximum atomic E-state index is 10.5. The summed E-state index contributed by atoms with van der Waals surface area (Å²) in [5, 5.41) is 8.82. The highest BCUT2D eigenvalue weighted by atomic mass is 16.3. The summed E-state index contributed by atoms with van der Waals surface area (Å²) >= 11 is 0. The van der Waals surface area contributed by atoms with E-state index in [-0.39, 0.29) is 7.53 Å². The molecule has 1 unspecified atom stereocenters. The zero-order chi connectivity index (χ0) is 10.2. The quantitative estimate of drug-likeness (QED) is 0.608. The van der Waals surface area contributed by atoms with Crippen LogP contribution in [0.25, 0.3) is 0 Å². The number of carbonyl (C=O) groups is 1. The zero-order valence-electron chi connectivity index (χ0n) is 8.74. The largest absolute Gasteiger partial charge is 0.389 e. The predicted octanol–water partition coefficient (Wildman–Crippen LogP) is 2.85. The molecule has 1 atom stereocenters. The number of aliphatic hydroxyl groups is 1. The highest BCUT2D eigenvalue weighted by Gasteiger charge is 2.06. The molecule has 0 aromatic carbocycles. The minimum Gasteiger partial charge on any atom is -0.389 e. The summed E-state index contributed by atoms with van der Waals surface area (Å²) in [5.74, 6) is 0.464. The smallest absolute Gasteiger partial charge is 0.132 e. The molecule has 0 radical (unpaired) electrons. The third-order valence-electron chi connectivity index (χ3n) is 2.64. The van der Waals surface area contributed by atoms with Gasteiger partial charge in [0.25, 0.3) is 0 Å². The lowest BCUT2D eigenvalue weighted by Crippen LogP contribution is -2.04. The van der Waals surface area contributed by atoms with E-state index >= 15 is 0 Å². The standard InChI is InChI=1S/2C6H10O.H2/c2*7-6-4-2-1-3-5-6;/h1-5H2;2,4,6-7H,1,3,5H2;1H. The number of hydrogen-bond acceptors (Lipinski definition) is 2. The van der Waals surface area contributed by atoms with E-state index in [2.05, 4.69) is 0 Å². The molecule has 0 spiro atoms. The number of aliphatic hydroxyl groups excluding tert-OH is 1. The third kappa shape index (κ3) is 5.18. The second-order valence-corrected chi connectivity index (χ2v) is 4.03. The monoisotopic (exact) mass is 198 g/mol. The average Bonchev–Trinajstić information content (AvgIpc) is 2.21. The van der Waals surface area contributed by atoms with Crippen molar-refractivity contribution in [2.24, 2.45) is 0 Å². The Morgan fingerprint density at radius 1 is 1.21 bits per heavy atom. The Hall–Kier alpha value is -0.630. The van der Waals surface area contributed by atoms with Crippen molar-refractivity contribution in [3.8, 4) is 0 Å². The van der Waals surface area contributed by atoms with Crippen molar-refractivity contribution in [2.75, 3.05) is 0 Å². The molecule has 2 nitrogen and oxygen atoms in total. The molecule has 0 heterocycles. The van der Waals surface area contributed by atoms with Gasteiger partial charge < -0.3 is 5.11 Å². The summed E-state index contributed by atoms with van der Waals surface area (Å²) in [6.45, 7) is 0. The van der Waals surface area contributed by atoms with Gasteiger partial charge in [0, 0.05) is 14.3 Å². The van der Waals surface area contributed by atoms with Crippen LogP contribution in [0, 0.1) is 0 Å². The molecule has 0 aromatic rings. The molecule has 2 aliphatic carbocycles. The lowest BCUT2D eigenvalue weighted by Gasteiger charge is -2.07. The van der Waals surface area contributed by atoms with Crippen molar-refractivity contribution < 1.29 is 11.3 Å². The van der Waals surface area contributed by atoms with Gasteiger partial charge >= 0.3 is 0 Å². The Bertz CT molecular complexity index is 194. The fourth-order valence-corrected chi connectivity index (χ4v) is 1.74. The van der Waals surface area contributed by atoms with Gasteiger partial charge in [-0.05, 0) is 32.1 Å². The first-order valence-electron chi connectivity index (χ1n) is 5.65. The van der Waals surface area contributed by atoms with Crippen LogP contribution in [0.2, 0.25) is 0 Å². The van der Waals surface area contributed by atoms with Gasteiger partial charge in [0.15, 0.2) is 0 Å². The third-order valence-corrected chi connectivity index (χ3v) is 2.64. The van der Waals surface area contributed by atoms with E-state index in [1.165, 1.54) is 6.42 Å². The number of carbonyl (C=O) groups excluding carboxylic acids is 1. The van der Waals surface area contributed by atoms with Gasteiger partial charge in [-0.1, -0.05) is 18.6 Å². The Labute approximate surface area is 87.5 Å². The van der Waals surface area contributed by atoms with E-state index in [4.69, 9.17) is 5.11 Å². The summed E-state index contributed by atoms with van der Waals surface area (Å²) < 4.78 is 0. The van der Waals surface area contributed by atoms with E-state index in [0.717, 1.165) is 44.9 Å². The number of ketones is 1. The van der Waals surface area contributed by atoms with Gasteiger partial charge in [-0.3, -0.25) is 4.79 Å². The van der Waals surface area contributed by atoms with E-state index in [0.29, 0.717) is 5.78 Å². The summed E-state index contributed by atoms with van der Waals surface area (Å²) in [5.41, 5.74) is 0. The first-order valence-corrected chi connectivity index (χ1v) is 5.65. The van der Waals surface area contributed by atoms with Crippen LogP contribution in [0.4, 0.5) is 0 Å². The van der Waals surface area contributed by atoms with Crippen LogP contribution in [0.5, 0.6) is 0 Å². The van der Waals surface area contributed by atoms with Crippen molar-refractivity contribution in [1.82, 2.24) is 0 Å². The Kier molecular flexibility index (Phi) is 5.53. The molecule has 0 saturated heterocycles. The molecule has 1 saturated carbocycles. The predicted molar refractivity (Wildman–Crippen MR) is 59.2 cm³/mol. The normalized spacial score (nSPS) is 26.6. The molecule has 0 aromatic heterocycles. The molecule has 2 rings (SSSR count). The van der Waals surface area contributed by atoms with Gasteiger partial charge in [-0.15, -0.1) is 0 Å². The topological polar surface area (TPSA) is 37.3 Å². The first-order chi connectivity index (χ1) is 6.79. The van der Waals surface area contributed by atoms with Crippen LogP contribution >= 0.6 is 0 Å². The minimum absolute atomic E-state index is 0. The van der Waals surface area contributed by atoms with Crippen molar-refractivity contribution in [1.29, 1.82) is 0 Å². The fraction of sp³-hybridized carbons (Fsp3) is 0.750. The second-order valence-electron chi connectivity index (χ2n) is 4.03. The molecule has 1 fully saturated rings. The maximum absolute atomic E-state index is 10.5. The number of hydrogen-bond donors (Lipinski definition) is 1. The first kappa shape index (κ1) is 11.4. The Balaban J connectivity index is 0.000000245. The number of allylic oxidation sites excluding steroid dienone is 1. The molecule has 0 bridgehead atoms. The van der Waals surface area contributed by atoms with Crippen LogP contribution in [0.1, 0.15) is 52.8 Å². The van der Waals surface area contributed by atoms with Gasteiger partial charge in [0.1, 0.15) is 5.78 Å². The molecule has 14 heavy (non-hydrogen) atoms. The van der Waals surface area contributed by atoms with Crippen molar-refractivity contribution in [3.63, 3.8) is 0 Å². The van der Waals surface area contributed by atoms with Gasteiger partial charge in [0.05, 0.1) is 6.10 Å². The number of rotatable bonds is 0. The summed E-state index contributed by atoms with van der Waals surface area (Å²) in [6, 6.07) is 0. The van der Waals surface area contributed by atoms with Crippen LogP contribution < -0.4 is 0 Å². The summed E-state index contributed by atoms with van der Waals surface area (Å²) in [4.78, 5) is 10.5. The molecular formula is C12H22O2. The van der Waals surface area contributed by atoms with Crippen molar-refractivity contribution in [3.05, 3.63) is 12.2 Å². The molecule has 82 valence electrons. The van der Waals surface area contributed by atoms with E-state index in [9.17, 15) is 4.79 Å². The van der Waals surface area contributed by atoms with Crippen molar-refractivity contribution in [2.45, 2.75) is 57.5 Å².